The van der Waals surface area contributed by atoms with Crippen molar-refractivity contribution in [1.82, 2.24) is 15.2 Å². The summed E-state index contributed by atoms with van der Waals surface area (Å²) in [7, 11) is 0. The molecule has 2 aromatic rings. The highest BCUT2D eigenvalue weighted by Crippen LogP contribution is 2.19. The predicted octanol–water partition coefficient (Wildman–Crippen LogP) is 1.30. The highest BCUT2D eigenvalue weighted by Gasteiger charge is 2.12. The summed E-state index contributed by atoms with van der Waals surface area (Å²) in [5.74, 6) is -0.916. The van der Waals surface area contributed by atoms with Crippen molar-refractivity contribution in [2.75, 3.05) is 0 Å². The lowest BCUT2D eigenvalue weighted by Crippen LogP contribution is -2.23. The molecule has 0 aliphatic rings. The number of carbonyl (C=O) groups is 1. The summed E-state index contributed by atoms with van der Waals surface area (Å²) in [6.07, 6.45) is 2.54. The Morgan fingerprint density at radius 3 is 3.00 bits per heavy atom. The largest absolute Gasteiger partial charge is 0.507 e. The molecule has 0 saturated carbocycles. The fourth-order valence-corrected chi connectivity index (χ4v) is 1.70. The summed E-state index contributed by atoms with van der Waals surface area (Å²) in [5, 5.41) is 27.7. The van der Waals surface area contributed by atoms with Crippen LogP contribution >= 0.6 is 11.6 Å². The second-order valence-corrected chi connectivity index (χ2v) is 4.56. The minimum absolute atomic E-state index is 0.0369. The van der Waals surface area contributed by atoms with Gasteiger partial charge >= 0.3 is 5.82 Å². The van der Waals surface area contributed by atoms with Crippen LogP contribution in [0.1, 0.15) is 5.56 Å². The number of hydrogen-bond donors (Lipinski definition) is 2. The molecule has 0 spiro atoms. The first-order chi connectivity index (χ1) is 10.5. The predicted molar refractivity (Wildman–Crippen MR) is 77.7 cm³/mol. The van der Waals surface area contributed by atoms with Crippen LogP contribution in [0.25, 0.3) is 0 Å². The van der Waals surface area contributed by atoms with E-state index in [1.807, 2.05) is 0 Å². The Morgan fingerprint density at radius 1 is 1.55 bits per heavy atom. The number of nitro groups is 1. The van der Waals surface area contributed by atoms with Crippen molar-refractivity contribution in [2.45, 2.75) is 6.54 Å². The molecule has 9 nitrogen and oxygen atoms in total. The molecule has 0 radical (unpaired) electrons. The van der Waals surface area contributed by atoms with E-state index in [0.717, 1.165) is 4.68 Å². The first kappa shape index (κ1) is 15.4. The number of aromatic nitrogens is 2. The van der Waals surface area contributed by atoms with E-state index in [1.54, 1.807) is 0 Å². The molecule has 0 atom stereocenters. The van der Waals surface area contributed by atoms with E-state index in [-0.39, 0.29) is 18.1 Å². The minimum atomic E-state index is -0.658. The summed E-state index contributed by atoms with van der Waals surface area (Å²) in [5.41, 5.74) is 2.55. The van der Waals surface area contributed by atoms with E-state index in [4.69, 9.17) is 11.6 Å². The second kappa shape index (κ2) is 6.68. The van der Waals surface area contributed by atoms with Gasteiger partial charge in [0.1, 0.15) is 12.3 Å². The molecule has 1 aromatic heterocycles. The lowest BCUT2D eigenvalue weighted by molar-refractivity contribution is -0.389. The van der Waals surface area contributed by atoms with Gasteiger partial charge in [0, 0.05) is 10.6 Å². The van der Waals surface area contributed by atoms with Gasteiger partial charge in [0.05, 0.1) is 23.6 Å². The number of hydrazone groups is 1. The zero-order chi connectivity index (χ0) is 16.1. The Kier molecular flexibility index (Phi) is 4.69. The molecule has 1 aromatic carbocycles. The molecule has 1 amide bonds. The molecular formula is C12H10ClN5O4. The zero-order valence-electron chi connectivity index (χ0n) is 11.0. The van der Waals surface area contributed by atoms with E-state index in [0.29, 0.717) is 10.6 Å². The minimum Gasteiger partial charge on any atom is -0.507 e. The van der Waals surface area contributed by atoms with Gasteiger partial charge in [-0.05, 0) is 23.1 Å². The SMILES string of the molecule is O=C(Cn1ccc([N+](=O)[O-])n1)N/N=C/c1cc(Cl)ccc1O. The zero-order valence-corrected chi connectivity index (χ0v) is 11.8. The van der Waals surface area contributed by atoms with Gasteiger partial charge in [-0.3, -0.25) is 4.79 Å². The standard InChI is InChI=1S/C12H10ClN5O4/c13-9-1-2-10(19)8(5-9)6-14-15-12(20)7-17-4-3-11(16-17)18(21)22/h1-6,19H,7H2,(H,15,20)/b14-6+. The monoisotopic (exact) mass is 323 g/mol. The first-order valence-corrected chi connectivity index (χ1v) is 6.32. The van der Waals surface area contributed by atoms with E-state index in [9.17, 15) is 20.0 Å². The van der Waals surface area contributed by atoms with Gasteiger partial charge < -0.3 is 15.2 Å². The molecule has 2 N–H and O–H groups in total. The molecule has 0 aliphatic carbocycles. The van der Waals surface area contributed by atoms with Gasteiger partial charge in [0.25, 0.3) is 5.91 Å². The maximum absolute atomic E-state index is 11.6. The van der Waals surface area contributed by atoms with Crippen molar-refractivity contribution in [3.63, 3.8) is 0 Å². The van der Waals surface area contributed by atoms with Crippen molar-refractivity contribution < 1.29 is 14.8 Å². The molecule has 2 rings (SSSR count). The summed E-state index contributed by atoms with van der Waals surface area (Å²) >= 11 is 5.77. The number of aromatic hydroxyl groups is 1. The van der Waals surface area contributed by atoms with Crippen LogP contribution in [0, 0.1) is 10.1 Å². The van der Waals surface area contributed by atoms with E-state index in [1.165, 1.54) is 36.7 Å². The number of benzene rings is 1. The number of nitrogens with zero attached hydrogens (tertiary/aromatic N) is 4. The number of amides is 1. The molecule has 0 bridgehead atoms. The summed E-state index contributed by atoms with van der Waals surface area (Å²) < 4.78 is 1.11. The summed E-state index contributed by atoms with van der Waals surface area (Å²) in [4.78, 5) is 21.4. The topological polar surface area (TPSA) is 123 Å². The molecule has 0 saturated heterocycles. The Bertz CT molecular complexity index is 743. The fraction of sp³-hybridized carbons (Fsp3) is 0.0833. The van der Waals surface area contributed by atoms with Gasteiger partial charge in [-0.2, -0.15) is 9.78 Å². The van der Waals surface area contributed by atoms with Crippen LogP contribution in [0.3, 0.4) is 0 Å². The quantitative estimate of drug-likeness (QED) is 0.487. The van der Waals surface area contributed by atoms with Gasteiger partial charge in [-0.15, -0.1) is 0 Å². The van der Waals surface area contributed by atoms with Crippen molar-refractivity contribution in [3.05, 3.63) is 51.2 Å². The van der Waals surface area contributed by atoms with Gasteiger partial charge in [-0.1, -0.05) is 11.6 Å². The van der Waals surface area contributed by atoms with E-state index < -0.39 is 10.8 Å². The van der Waals surface area contributed by atoms with Crippen LogP contribution in [0.15, 0.2) is 35.6 Å². The second-order valence-electron chi connectivity index (χ2n) is 4.12. The smallest absolute Gasteiger partial charge is 0.389 e. The van der Waals surface area contributed by atoms with Crippen molar-refractivity contribution in [1.29, 1.82) is 0 Å². The summed E-state index contributed by atoms with van der Waals surface area (Å²) in [6.45, 7) is -0.229. The van der Waals surface area contributed by atoms with Crippen LogP contribution in [0.4, 0.5) is 5.82 Å². The van der Waals surface area contributed by atoms with Gasteiger partial charge in [0.15, 0.2) is 0 Å². The van der Waals surface area contributed by atoms with Crippen LogP contribution < -0.4 is 5.43 Å². The van der Waals surface area contributed by atoms with Crippen molar-refractivity contribution in [2.24, 2.45) is 5.10 Å². The van der Waals surface area contributed by atoms with Gasteiger partial charge in [0.2, 0.25) is 0 Å². The number of nitrogens with one attached hydrogen (secondary N) is 1. The number of hydrogen-bond acceptors (Lipinski definition) is 6. The average molecular weight is 324 g/mol. The maximum atomic E-state index is 11.6. The van der Waals surface area contributed by atoms with Crippen LogP contribution in [-0.4, -0.2) is 31.9 Å². The summed E-state index contributed by atoms with van der Waals surface area (Å²) in [6, 6.07) is 5.57. The number of carbonyl (C=O) groups excluding carboxylic acids is 1. The Hall–Kier alpha value is -2.94. The highest BCUT2D eigenvalue weighted by molar-refractivity contribution is 6.30. The third kappa shape index (κ3) is 4.03. The van der Waals surface area contributed by atoms with Crippen LogP contribution in [0.5, 0.6) is 5.75 Å². The molecule has 1 heterocycles. The Labute approximate surface area is 129 Å². The molecule has 0 fully saturated rings. The lowest BCUT2D eigenvalue weighted by Gasteiger charge is -2.00. The third-order valence-electron chi connectivity index (χ3n) is 2.50. The van der Waals surface area contributed by atoms with Crippen LogP contribution in [-0.2, 0) is 11.3 Å². The first-order valence-electron chi connectivity index (χ1n) is 5.94. The normalized spacial score (nSPS) is 10.8. The molecular weight excluding hydrogens is 314 g/mol. The molecule has 22 heavy (non-hydrogen) atoms. The molecule has 114 valence electrons. The molecule has 0 unspecified atom stereocenters. The number of phenolic OH excluding ortho intramolecular Hbond substituents is 1. The van der Waals surface area contributed by atoms with Gasteiger partial charge in [-0.25, -0.2) is 5.43 Å². The van der Waals surface area contributed by atoms with Crippen LogP contribution in [0.2, 0.25) is 5.02 Å². The lowest BCUT2D eigenvalue weighted by atomic mass is 10.2. The molecule has 10 heteroatoms. The average Bonchev–Trinajstić information content (AvgIpc) is 2.91. The maximum Gasteiger partial charge on any atom is 0.389 e. The van der Waals surface area contributed by atoms with Crippen molar-refractivity contribution >= 4 is 29.5 Å². The molecule has 0 aliphatic heterocycles. The Morgan fingerprint density at radius 2 is 2.32 bits per heavy atom. The third-order valence-corrected chi connectivity index (χ3v) is 2.74. The van der Waals surface area contributed by atoms with Crippen molar-refractivity contribution in [3.8, 4) is 5.75 Å². The number of phenols is 1. The Balaban J connectivity index is 1.93. The fourth-order valence-electron chi connectivity index (χ4n) is 1.52. The van der Waals surface area contributed by atoms with E-state index >= 15 is 0 Å². The highest BCUT2D eigenvalue weighted by atomic mass is 35.5. The number of rotatable bonds is 5. The van der Waals surface area contributed by atoms with E-state index in [2.05, 4.69) is 15.6 Å². The number of halogens is 1.